The average Bonchev–Trinajstić information content (AvgIpc) is 2.86. The van der Waals surface area contributed by atoms with Crippen molar-refractivity contribution in [2.45, 2.75) is 26.9 Å². The van der Waals surface area contributed by atoms with Gasteiger partial charge >= 0.3 is 0 Å². The van der Waals surface area contributed by atoms with Crippen molar-refractivity contribution in [1.82, 2.24) is 15.1 Å². The third-order valence-corrected chi connectivity index (χ3v) is 3.77. The molecule has 1 aromatic carbocycles. The van der Waals surface area contributed by atoms with E-state index in [4.69, 9.17) is 11.6 Å². The highest BCUT2D eigenvalue weighted by atomic mass is 35.5. The Labute approximate surface area is 134 Å². The third-order valence-electron chi connectivity index (χ3n) is 3.45. The molecule has 0 saturated carbocycles. The lowest BCUT2D eigenvalue weighted by Gasteiger charge is -2.14. The summed E-state index contributed by atoms with van der Waals surface area (Å²) >= 11 is 6.14. The Kier molecular flexibility index (Phi) is 5.21. The largest absolute Gasteiger partial charge is 0.391 e. The minimum Gasteiger partial charge on any atom is -0.391 e. The molecule has 0 radical (unpaired) electrons. The number of carbonyl (C=O) groups excluding carboxylic acids is 1. The number of carbonyl (C=O) groups is 1. The molecule has 1 heterocycles. The zero-order chi connectivity index (χ0) is 16.3. The fourth-order valence-electron chi connectivity index (χ4n) is 1.96. The molecule has 1 unspecified atom stereocenters. The summed E-state index contributed by atoms with van der Waals surface area (Å²) in [6.45, 7) is 5.81. The zero-order valence-corrected chi connectivity index (χ0v) is 13.6. The van der Waals surface area contributed by atoms with E-state index < -0.39 is 6.10 Å². The van der Waals surface area contributed by atoms with E-state index in [1.807, 2.05) is 39.0 Å². The minimum absolute atomic E-state index is 0.0853. The summed E-state index contributed by atoms with van der Waals surface area (Å²) in [6.07, 6.45) is 1.18. The Morgan fingerprint density at radius 3 is 2.73 bits per heavy atom. The van der Waals surface area contributed by atoms with Gasteiger partial charge < -0.3 is 10.4 Å². The average molecular weight is 322 g/mol. The molecule has 0 aliphatic carbocycles. The summed E-state index contributed by atoms with van der Waals surface area (Å²) in [5.74, 6) is -0.218. The second-order valence-corrected chi connectivity index (χ2v) is 5.99. The Morgan fingerprint density at radius 2 is 2.09 bits per heavy atom. The Hall–Kier alpha value is -1.85. The highest BCUT2D eigenvalue weighted by Gasteiger charge is 2.17. The lowest BCUT2D eigenvalue weighted by atomic mass is 10.1. The number of benzene rings is 1. The number of aliphatic hydroxyl groups excluding tert-OH is 1. The first kappa shape index (κ1) is 16.5. The van der Waals surface area contributed by atoms with Crippen LogP contribution < -0.4 is 5.32 Å². The van der Waals surface area contributed by atoms with Gasteiger partial charge in [-0.3, -0.25) is 4.79 Å². The van der Waals surface area contributed by atoms with Crippen LogP contribution in [0.15, 0.2) is 30.5 Å². The lowest BCUT2D eigenvalue weighted by molar-refractivity contribution is 0.0866. The Balaban J connectivity index is 2.16. The molecule has 118 valence electrons. The van der Waals surface area contributed by atoms with Crippen LogP contribution in [0.1, 0.15) is 29.9 Å². The summed E-state index contributed by atoms with van der Waals surface area (Å²) in [5.41, 5.74) is 1.79. The minimum atomic E-state index is -0.574. The van der Waals surface area contributed by atoms with Gasteiger partial charge in [0, 0.05) is 18.3 Å². The van der Waals surface area contributed by atoms with Gasteiger partial charge in [-0.1, -0.05) is 37.6 Å². The van der Waals surface area contributed by atoms with Gasteiger partial charge in [-0.05, 0) is 25.0 Å². The maximum atomic E-state index is 12.2. The summed E-state index contributed by atoms with van der Waals surface area (Å²) < 4.78 is 1.59. The number of para-hydroxylation sites is 1. The van der Waals surface area contributed by atoms with Crippen LogP contribution in [0.4, 0.5) is 0 Å². The van der Waals surface area contributed by atoms with Crippen molar-refractivity contribution < 1.29 is 9.90 Å². The lowest BCUT2D eigenvalue weighted by Crippen LogP contribution is -2.35. The number of nitrogens with zero attached hydrogens (tertiary/aromatic N) is 2. The van der Waals surface area contributed by atoms with Gasteiger partial charge in [0.15, 0.2) is 5.69 Å². The van der Waals surface area contributed by atoms with E-state index in [2.05, 4.69) is 10.4 Å². The van der Waals surface area contributed by atoms with Crippen molar-refractivity contribution in [3.8, 4) is 5.69 Å². The number of aromatic nitrogens is 2. The number of nitrogens with one attached hydrogen (secondary N) is 1. The molecule has 5 nitrogen and oxygen atoms in total. The molecule has 0 aliphatic heterocycles. The van der Waals surface area contributed by atoms with Gasteiger partial charge in [0.1, 0.15) is 0 Å². The quantitative estimate of drug-likeness (QED) is 0.889. The molecule has 1 amide bonds. The fourth-order valence-corrected chi connectivity index (χ4v) is 2.18. The van der Waals surface area contributed by atoms with E-state index in [9.17, 15) is 9.90 Å². The first-order chi connectivity index (χ1) is 10.4. The summed E-state index contributed by atoms with van der Waals surface area (Å²) in [4.78, 5) is 12.2. The predicted octanol–water partition coefficient (Wildman–Crippen LogP) is 2.58. The second kappa shape index (κ2) is 6.94. The molecule has 0 saturated heterocycles. The first-order valence-electron chi connectivity index (χ1n) is 7.17. The van der Waals surface area contributed by atoms with Gasteiger partial charge in [-0.15, -0.1) is 0 Å². The van der Waals surface area contributed by atoms with E-state index in [0.29, 0.717) is 16.4 Å². The van der Waals surface area contributed by atoms with Crippen molar-refractivity contribution in [2.75, 3.05) is 6.54 Å². The van der Waals surface area contributed by atoms with E-state index in [1.165, 1.54) is 0 Å². The Morgan fingerprint density at radius 1 is 1.41 bits per heavy atom. The molecule has 2 N–H and O–H groups in total. The molecule has 0 spiro atoms. The highest BCUT2D eigenvalue weighted by molar-refractivity contribution is 6.32. The van der Waals surface area contributed by atoms with Crippen LogP contribution in [0, 0.1) is 12.8 Å². The molecule has 22 heavy (non-hydrogen) atoms. The first-order valence-corrected chi connectivity index (χ1v) is 7.55. The topological polar surface area (TPSA) is 67.2 Å². The number of aryl methyl sites for hydroxylation is 1. The van der Waals surface area contributed by atoms with Crippen LogP contribution >= 0.6 is 11.6 Å². The maximum Gasteiger partial charge on any atom is 0.272 e. The van der Waals surface area contributed by atoms with Crippen LogP contribution in [0.25, 0.3) is 5.69 Å². The standard InChI is InChI=1S/C16H20ClN3O2/c1-10(2)14(21)8-18-16(22)15-11(3)9-20(19-15)13-7-5-4-6-12(13)17/h4-7,9-10,14,21H,8H2,1-3H3,(H,18,22). The monoisotopic (exact) mass is 321 g/mol. The molecule has 1 aromatic heterocycles. The molecular formula is C16H20ClN3O2. The van der Waals surface area contributed by atoms with Gasteiger partial charge in [0.05, 0.1) is 16.8 Å². The van der Waals surface area contributed by atoms with Crippen LogP contribution in [0.2, 0.25) is 5.02 Å². The van der Waals surface area contributed by atoms with Crippen molar-refractivity contribution in [2.24, 2.45) is 5.92 Å². The van der Waals surface area contributed by atoms with Gasteiger partial charge in [0.2, 0.25) is 0 Å². The maximum absolute atomic E-state index is 12.2. The van der Waals surface area contributed by atoms with Crippen LogP contribution in [0.3, 0.4) is 0 Å². The molecule has 0 aliphatic rings. The van der Waals surface area contributed by atoms with Gasteiger partial charge in [-0.2, -0.15) is 5.10 Å². The fraction of sp³-hybridized carbons (Fsp3) is 0.375. The third kappa shape index (κ3) is 3.67. The summed E-state index contributed by atoms with van der Waals surface area (Å²) in [5, 5.41) is 17.3. The predicted molar refractivity (Wildman–Crippen MR) is 86.5 cm³/mol. The van der Waals surface area contributed by atoms with Crippen LogP contribution in [-0.4, -0.2) is 33.4 Å². The molecule has 2 aromatic rings. The summed E-state index contributed by atoms with van der Waals surface area (Å²) in [7, 11) is 0. The SMILES string of the molecule is Cc1cn(-c2ccccc2Cl)nc1C(=O)NCC(O)C(C)C. The second-order valence-electron chi connectivity index (χ2n) is 5.58. The van der Waals surface area contributed by atoms with E-state index in [-0.39, 0.29) is 18.4 Å². The molecule has 1 atom stereocenters. The van der Waals surface area contributed by atoms with Crippen LogP contribution in [-0.2, 0) is 0 Å². The molecule has 2 rings (SSSR count). The van der Waals surface area contributed by atoms with Crippen molar-refractivity contribution >= 4 is 17.5 Å². The molecule has 0 fully saturated rings. The molecule has 0 bridgehead atoms. The smallest absolute Gasteiger partial charge is 0.272 e. The molecule has 6 heteroatoms. The van der Waals surface area contributed by atoms with Gasteiger partial charge in [-0.25, -0.2) is 4.68 Å². The number of aliphatic hydroxyl groups is 1. The number of rotatable bonds is 5. The van der Waals surface area contributed by atoms with Crippen molar-refractivity contribution in [3.05, 3.63) is 46.7 Å². The Bertz CT molecular complexity index is 667. The molecular weight excluding hydrogens is 302 g/mol. The van der Waals surface area contributed by atoms with E-state index in [1.54, 1.807) is 16.9 Å². The number of hydrogen-bond acceptors (Lipinski definition) is 3. The number of hydrogen-bond donors (Lipinski definition) is 2. The normalized spacial score (nSPS) is 12.5. The van der Waals surface area contributed by atoms with E-state index in [0.717, 1.165) is 5.56 Å². The number of amides is 1. The van der Waals surface area contributed by atoms with Crippen molar-refractivity contribution in [1.29, 1.82) is 0 Å². The van der Waals surface area contributed by atoms with Crippen molar-refractivity contribution in [3.63, 3.8) is 0 Å². The number of halogens is 1. The zero-order valence-electron chi connectivity index (χ0n) is 12.9. The summed E-state index contributed by atoms with van der Waals surface area (Å²) in [6, 6.07) is 7.30. The highest BCUT2D eigenvalue weighted by Crippen LogP contribution is 2.20. The van der Waals surface area contributed by atoms with Gasteiger partial charge in [0.25, 0.3) is 5.91 Å². The van der Waals surface area contributed by atoms with Crippen LogP contribution in [0.5, 0.6) is 0 Å². The van der Waals surface area contributed by atoms with E-state index >= 15 is 0 Å².